The van der Waals surface area contributed by atoms with Crippen LogP contribution in [0.2, 0.25) is 0 Å². The number of hydrogen-bond donors (Lipinski definition) is 2. The van der Waals surface area contributed by atoms with Gasteiger partial charge in [0.15, 0.2) is 0 Å². The summed E-state index contributed by atoms with van der Waals surface area (Å²) in [6.45, 7) is 1.94. The van der Waals surface area contributed by atoms with E-state index in [2.05, 4.69) is 4.98 Å². The largest absolute Gasteiger partial charge is 0.481 e. The molecule has 0 aliphatic heterocycles. The quantitative estimate of drug-likeness (QED) is 0.771. The number of nitrogens with two attached hydrogens (primary N) is 1. The van der Waals surface area contributed by atoms with Crippen LogP contribution < -0.4 is 5.73 Å². The van der Waals surface area contributed by atoms with E-state index >= 15 is 0 Å². The zero-order valence-corrected chi connectivity index (χ0v) is 8.88. The summed E-state index contributed by atoms with van der Waals surface area (Å²) in [4.78, 5) is 15.5. The van der Waals surface area contributed by atoms with Gasteiger partial charge in [-0.2, -0.15) is 0 Å². The number of carbonyl (C=O) groups is 1. The topological polar surface area (TPSA) is 76.2 Å². The van der Waals surface area contributed by atoms with E-state index < -0.39 is 5.97 Å². The predicted octanol–water partition coefficient (Wildman–Crippen LogP) is 1.19. The highest BCUT2D eigenvalue weighted by molar-refractivity contribution is 7.11. The second-order valence-corrected chi connectivity index (χ2v) is 4.56. The van der Waals surface area contributed by atoms with Gasteiger partial charge >= 0.3 is 5.97 Å². The predicted molar refractivity (Wildman–Crippen MR) is 55.4 cm³/mol. The minimum absolute atomic E-state index is 0.0778. The number of aromatic nitrogens is 1. The molecule has 1 unspecified atom stereocenters. The first-order valence-corrected chi connectivity index (χ1v) is 5.28. The van der Waals surface area contributed by atoms with Crippen molar-refractivity contribution in [2.75, 3.05) is 0 Å². The van der Waals surface area contributed by atoms with Crippen LogP contribution in [0.5, 0.6) is 0 Å². The third kappa shape index (κ3) is 3.85. The Kier molecular flexibility index (Phi) is 4.03. The molecular weight excluding hydrogens is 200 g/mol. The fourth-order valence-corrected chi connectivity index (χ4v) is 2.06. The Morgan fingerprint density at radius 2 is 2.50 bits per heavy atom. The molecule has 1 heterocycles. The Morgan fingerprint density at radius 1 is 1.79 bits per heavy atom. The molecule has 1 aromatic heterocycles. The lowest BCUT2D eigenvalue weighted by Crippen LogP contribution is -2.23. The van der Waals surface area contributed by atoms with Crippen LogP contribution in [0.25, 0.3) is 0 Å². The van der Waals surface area contributed by atoms with E-state index in [4.69, 9.17) is 10.8 Å². The monoisotopic (exact) mass is 214 g/mol. The molecule has 0 spiro atoms. The highest BCUT2D eigenvalue weighted by Crippen LogP contribution is 2.14. The van der Waals surface area contributed by atoms with Crippen molar-refractivity contribution >= 4 is 17.3 Å². The Morgan fingerprint density at radius 3 is 3.00 bits per heavy atom. The minimum Gasteiger partial charge on any atom is -0.481 e. The van der Waals surface area contributed by atoms with E-state index in [1.165, 1.54) is 0 Å². The van der Waals surface area contributed by atoms with E-state index in [-0.39, 0.29) is 12.5 Å². The lowest BCUT2D eigenvalue weighted by Gasteiger charge is -2.07. The van der Waals surface area contributed by atoms with E-state index in [1.54, 1.807) is 17.5 Å². The van der Waals surface area contributed by atoms with Crippen molar-refractivity contribution in [2.24, 2.45) is 5.73 Å². The fraction of sp³-hybridized carbons (Fsp3) is 0.556. The van der Waals surface area contributed by atoms with Gasteiger partial charge in [0.05, 0.1) is 5.01 Å². The van der Waals surface area contributed by atoms with E-state index in [1.807, 2.05) is 6.92 Å². The average molecular weight is 214 g/mol. The average Bonchev–Trinajstić information content (AvgIpc) is 2.48. The molecule has 0 amide bonds. The van der Waals surface area contributed by atoms with E-state index in [0.717, 1.165) is 16.3 Å². The summed E-state index contributed by atoms with van der Waals surface area (Å²) < 4.78 is 0. The summed E-state index contributed by atoms with van der Waals surface area (Å²) in [6, 6.07) is -0.0778. The van der Waals surface area contributed by atoms with Crippen molar-refractivity contribution < 1.29 is 9.90 Å². The van der Waals surface area contributed by atoms with Gasteiger partial charge in [0.2, 0.25) is 0 Å². The molecule has 0 aliphatic rings. The number of carboxylic acid groups (broad SMARTS) is 1. The standard InChI is InChI=1S/C9H14N2O2S/c1-6-11-5-8(14-6)4-7(10)2-3-9(12)13/h5,7H,2-4,10H2,1H3,(H,12,13). The van der Waals surface area contributed by atoms with Crippen LogP contribution in [0, 0.1) is 6.92 Å². The van der Waals surface area contributed by atoms with Gasteiger partial charge < -0.3 is 10.8 Å². The Labute approximate surface area is 86.8 Å². The number of carboxylic acids is 1. The summed E-state index contributed by atoms with van der Waals surface area (Å²) >= 11 is 1.61. The summed E-state index contributed by atoms with van der Waals surface area (Å²) in [6.07, 6.45) is 3.19. The van der Waals surface area contributed by atoms with Crippen LogP contribution in [0.15, 0.2) is 6.20 Å². The van der Waals surface area contributed by atoms with Crippen molar-refractivity contribution in [2.45, 2.75) is 32.2 Å². The van der Waals surface area contributed by atoms with Crippen LogP contribution in [0.1, 0.15) is 22.7 Å². The first-order chi connectivity index (χ1) is 6.58. The summed E-state index contributed by atoms with van der Waals surface area (Å²) in [7, 11) is 0. The Hall–Kier alpha value is -0.940. The molecule has 0 aliphatic carbocycles. The molecule has 5 heteroatoms. The number of aliphatic carboxylic acids is 1. The van der Waals surface area contributed by atoms with Gasteiger partial charge in [-0.15, -0.1) is 11.3 Å². The maximum absolute atomic E-state index is 10.3. The van der Waals surface area contributed by atoms with Crippen molar-refractivity contribution in [3.05, 3.63) is 16.1 Å². The van der Waals surface area contributed by atoms with Crippen LogP contribution in [0.4, 0.5) is 0 Å². The van der Waals surface area contributed by atoms with Gasteiger partial charge in [-0.25, -0.2) is 4.98 Å². The van der Waals surface area contributed by atoms with Gasteiger partial charge in [-0.05, 0) is 19.8 Å². The zero-order chi connectivity index (χ0) is 10.6. The van der Waals surface area contributed by atoms with Crippen molar-refractivity contribution in [3.8, 4) is 0 Å². The van der Waals surface area contributed by atoms with Gasteiger partial charge in [0.1, 0.15) is 0 Å². The third-order valence-corrected chi connectivity index (χ3v) is 2.80. The first kappa shape index (κ1) is 11.1. The molecule has 3 N–H and O–H groups in total. The van der Waals surface area contributed by atoms with Gasteiger partial charge in [-0.1, -0.05) is 0 Å². The summed E-state index contributed by atoms with van der Waals surface area (Å²) in [5.41, 5.74) is 5.78. The van der Waals surface area contributed by atoms with Crippen LogP contribution in [0.3, 0.4) is 0 Å². The van der Waals surface area contributed by atoms with E-state index in [0.29, 0.717) is 6.42 Å². The molecule has 0 saturated heterocycles. The molecule has 1 rings (SSSR count). The summed E-state index contributed by atoms with van der Waals surface area (Å²) in [5.74, 6) is -0.791. The molecule has 0 bridgehead atoms. The molecule has 1 aromatic rings. The zero-order valence-electron chi connectivity index (χ0n) is 8.06. The van der Waals surface area contributed by atoms with Gasteiger partial charge in [0, 0.05) is 23.5 Å². The SMILES string of the molecule is Cc1ncc(CC(N)CCC(=O)O)s1. The maximum atomic E-state index is 10.3. The third-order valence-electron chi connectivity index (χ3n) is 1.86. The van der Waals surface area contributed by atoms with Gasteiger partial charge in [-0.3, -0.25) is 4.79 Å². The molecule has 0 saturated carbocycles. The van der Waals surface area contributed by atoms with Crippen molar-refractivity contribution in [1.29, 1.82) is 0 Å². The fourth-order valence-electron chi connectivity index (χ4n) is 1.17. The van der Waals surface area contributed by atoms with Crippen LogP contribution >= 0.6 is 11.3 Å². The minimum atomic E-state index is -0.791. The molecule has 4 nitrogen and oxygen atoms in total. The molecular formula is C9H14N2O2S. The Bertz CT molecular complexity index is 312. The van der Waals surface area contributed by atoms with Crippen molar-refractivity contribution in [1.82, 2.24) is 4.98 Å². The van der Waals surface area contributed by atoms with Crippen LogP contribution in [-0.4, -0.2) is 22.1 Å². The molecule has 14 heavy (non-hydrogen) atoms. The van der Waals surface area contributed by atoms with Crippen molar-refractivity contribution in [3.63, 3.8) is 0 Å². The highest BCUT2D eigenvalue weighted by atomic mass is 32.1. The second kappa shape index (κ2) is 5.07. The highest BCUT2D eigenvalue weighted by Gasteiger charge is 2.08. The molecule has 78 valence electrons. The molecule has 1 atom stereocenters. The second-order valence-electron chi connectivity index (χ2n) is 3.24. The maximum Gasteiger partial charge on any atom is 0.303 e. The number of rotatable bonds is 5. The Balaban J connectivity index is 2.33. The lowest BCUT2D eigenvalue weighted by molar-refractivity contribution is -0.137. The smallest absolute Gasteiger partial charge is 0.303 e. The number of aryl methyl sites for hydroxylation is 1. The number of hydrogen-bond acceptors (Lipinski definition) is 4. The summed E-state index contributed by atoms with van der Waals surface area (Å²) in [5, 5.41) is 9.49. The number of nitrogens with zero attached hydrogens (tertiary/aromatic N) is 1. The van der Waals surface area contributed by atoms with E-state index in [9.17, 15) is 4.79 Å². The molecule has 0 radical (unpaired) electrons. The lowest BCUT2D eigenvalue weighted by atomic mass is 10.1. The van der Waals surface area contributed by atoms with Gasteiger partial charge in [0.25, 0.3) is 0 Å². The normalized spacial score (nSPS) is 12.7. The molecule has 0 aromatic carbocycles. The first-order valence-electron chi connectivity index (χ1n) is 4.46. The number of thiazole rings is 1. The molecule has 0 fully saturated rings. The van der Waals surface area contributed by atoms with Crippen LogP contribution in [-0.2, 0) is 11.2 Å².